The first-order valence-electron chi connectivity index (χ1n) is 6.04. The van der Waals surface area contributed by atoms with Crippen molar-refractivity contribution in [3.05, 3.63) is 60.9 Å². The van der Waals surface area contributed by atoms with E-state index >= 15 is 0 Å². The molecule has 0 aliphatic carbocycles. The predicted octanol–water partition coefficient (Wildman–Crippen LogP) is 2.08. The summed E-state index contributed by atoms with van der Waals surface area (Å²) in [5.74, 6) is 0.412. The minimum Gasteiger partial charge on any atom is -0.370 e. The van der Waals surface area contributed by atoms with Crippen LogP contribution in [0.1, 0.15) is 5.56 Å². The van der Waals surface area contributed by atoms with Crippen LogP contribution < -0.4 is 11.1 Å². The van der Waals surface area contributed by atoms with Crippen molar-refractivity contribution in [2.45, 2.75) is 6.54 Å². The monoisotopic (exact) mass is 383 g/mol. The van der Waals surface area contributed by atoms with Crippen molar-refractivity contribution in [3.8, 4) is 5.69 Å². The topological polar surface area (TPSA) is 68.2 Å². The summed E-state index contributed by atoms with van der Waals surface area (Å²) < 4.78 is 1.82. The molecule has 0 aliphatic rings. The highest BCUT2D eigenvalue weighted by atomic mass is 127. The molecular weight excluding hydrogens is 365 g/mol. The molecule has 0 atom stereocenters. The van der Waals surface area contributed by atoms with Gasteiger partial charge in [-0.1, -0.05) is 24.3 Å². The fraction of sp³-hybridized carbons (Fsp3) is 0.143. The summed E-state index contributed by atoms with van der Waals surface area (Å²) in [7, 11) is 0. The number of hydrogen-bond donors (Lipinski definition) is 2. The van der Waals surface area contributed by atoms with Crippen LogP contribution in [0.4, 0.5) is 0 Å². The molecular formula is C14H18IN5. The Kier molecular flexibility index (Phi) is 6.78. The van der Waals surface area contributed by atoms with Crippen molar-refractivity contribution >= 4 is 29.9 Å². The number of hydrogen-bond acceptors (Lipinski definition) is 2. The number of nitrogens with one attached hydrogen (secondary N) is 1. The summed E-state index contributed by atoms with van der Waals surface area (Å²) >= 11 is 0. The van der Waals surface area contributed by atoms with E-state index in [1.54, 1.807) is 12.3 Å². The van der Waals surface area contributed by atoms with E-state index in [4.69, 9.17) is 5.73 Å². The minimum atomic E-state index is 0. The summed E-state index contributed by atoms with van der Waals surface area (Å²) in [5.41, 5.74) is 7.82. The van der Waals surface area contributed by atoms with E-state index in [0.29, 0.717) is 19.0 Å². The van der Waals surface area contributed by atoms with Crippen LogP contribution in [0.25, 0.3) is 5.69 Å². The second-order valence-corrected chi connectivity index (χ2v) is 3.95. The van der Waals surface area contributed by atoms with Gasteiger partial charge in [-0.25, -0.2) is 9.67 Å². The van der Waals surface area contributed by atoms with E-state index in [-0.39, 0.29) is 24.0 Å². The van der Waals surface area contributed by atoms with Gasteiger partial charge in [0.1, 0.15) is 0 Å². The lowest BCUT2D eigenvalue weighted by molar-refractivity contribution is 0.856. The Balaban J connectivity index is 0.00000200. The van der Waals surface area contributed by atoms with Crippen molar-refractivity contribution in [2.75, 3.05) is 6.54 Å². The van der Waals surface area contributed by atoms with Gasteiger partial charge in [0.25, 0.3) is 0 Å². The molecule has 1 aromatic heterocycles. The highest BCUT2D eigenvalue weighted by Crippen LogP contribution is 2.14. The number of guanidine groups is 1. The number of aliphatic imine (C=N–C) groups is 1. The van der Waals surface area contributed by atoms with Gasteiger partial charge >= 0.3 is 0 Å². The Labute approximate surface area is 135 Å². The number of benzene rings is 1. The maximum Gasteiger partial charge on any atom is 0.189 e. The van der Waals surface area contributed by atoms with Gasteiger partial charge in [0.2, 0.25) is 0 Å². The summed E-state index contributed by atoms with van der Waals surface area (Å²) in [4.78, 5) is 4.30. The zero-order valence-electron chi connectivity index (χ0n) is 11.1. The second kappa shape index (κ2) is 8.36. The molecule has 2 rings (SSSR count). The smallest absolute Gasteiger partial charge is 0.189 e. The Hall–Kier alpha value is -1.83. The molecule has 3 N–H and O–H groups in total. The lowest BCUT2D eigenvalue weighted by Gasteiger charge is -2.08. The average Bonchev–Trinajstić information content (AvgIpc) is 2.97. The summed E-state index contributed by atoms with van der Waals surface area (Å²) in [6.07, 6.45) is 5.39. The van der Waals surface area contributed by atoms with Crippen molar-refractivity contribution in [2.24, 2.45) is 10.7 Å². The van der Waals surface area contributed by atoms with Crippen LogP contribution in [-0.4, -0.2) is 22.3 Å². The molecule has 0 radical (unpaired) electrons. The fourth-order valence-electron chi connectivity index (χ4n) is 1.68. The van der Waals surface area contributed by atoms with Gasteiger partial charge in [0.15, 0.2) is 5.96 Å². The van der Waals surface area contributed by atoms with Crippen LogP contribution in [0.15, 0.2) is 60.4 Å². The van der Waals surface area contributed by atoms with Crippen LogP contribution in [0.5, 0.6) is 0 Å². The third kappa shape index (κ3) is 4.37. The number of halogens is 1. The van der Waals surface area contributed by atoms with Crippen LogP contribution in [0, 0.1) is 0 Å². The first-order valence-corrected chi connectivity index (χ1v) is 6.04. The third-order valence-electron chi connectivity index (χ3n) is 2.59. The molecule has 0 fully saturated rings. The quantitative estimate of drug-likeness (QED) is 0.360. The molecule has 2 aromatic rings. The van der Waals surface area contributed by atoms with Gasteiger partial charge < -0.3 is 11.1 Å². The summed E-state index contributed by atoms with van der Waals surface area (Å²) in [5, 5.41) is 7.18. The Morgan fingerprint density at radius 3 is 2.90 bits per heavy atom. The van der Waals surface area contributed by atoms with Crippen molar-refractivity contribution in [1.29, 1.82) is 0 Å². The number of aromatic nitrogens is 2. The van der Waals surface area contributed by atoms with Gasteiger partial charge in [-0.3, -0.25) is 0 Å². The lowest BCUT2D eigenvalue weighted by Crippen LogP contribution is -2.31. The van der Waals surface area contributed by atoms with E-state index in [1.165, 1.54) is 0 Å². The van der Waals surface area contributed by atoms with Crippen LogP contribution in [0.2, 0.25) is 0 Å². The molecule has 0 amide bonds. The lowest BCUT2D eigenvalue weighted by atomic mass is 10.2. The SMILES string of the molecule is C=CCNC(N)=NCc1ccccc1-n1cccn1.I. The van der Waals surface area contributed by atoms with E-state index in [0.717, 1.165) is 11.3 Å². The van der Waals surface area contributed by atoms with Crippen molar-refractivity contribution in [1.82, 2.24) is 15.1 Å². The van der Waals surface area contributed by atoms with Gasteiger partial charge in [-0.15, -0.1) is 30.6 Å². The molecule has 0 saturated carbocycles. The molecule has 0 bridgehead atoms. The van der Waals surface area contributed by atoms with Gasteiger partial charge in [-0.2, -0.15) is 5.10 Å². The fourth-order valence-corrected chi connectivity index (χ4v) is 1.68. The Bertz CT molecular complexity index is 563. The first kappa shape index (κ1) is 16.2. The van der Waals surface area contributed by atoms with E-state index in [1.807, 2.05) is 41.2 Å². The third-order valence-corrected chi connectivity index (χ3v) is 2.59. The molecule has 0 aliphatic heterocycles. The number of para-hydroxylation sites is 1. The summed E-state index contributed by atoms with van der Waals surface area (Å²) in [6, 6.07) is 9.86. The maximum absolute atomic E-state index is 5.75. The molecule has 106 valence electrons. The zero-order chi connectivity index (χ0) is 13.5. The van der Waals surface area contributed by atoms with E-state index < -0.39 is 0 Å². The van der Waals surface area contributed by atoms with Crippen molar-refractivity contribution < 1.29 is 0 Å². The normalized spacial score (nSPS) is 10.7. The predicted molar refractivity (Wildman–Crippen MR) is 92.5 cm³/mol. The Morgan fingerprint density at radius 1 is 1.40 bits per heavy atom. The number of nitrogens with two attached hydrogens (primary N) is 1. The van der Waals surface area contributed by atoms with Gasteiger partial charge in [0, 0.05) is 18.9 Å². The van der Waals surface area contributed by atoms with E-state index in [9.17, 15) is 0 Å². The summed E-state index contributed by atoms with van der Waals surface area (Å²) in [6.45, 7) is 4.73. The molecule has 20 heavy (non-hydrogen) atoms. The second-order valence-electron chi connectivity index (χ2n) is 3.95. The Morgan fingerprint density at radius 2 is 2.20 bits per heavy atom. The highest BCUT2D eigenvalue weighted by Gasteiger charge is 2.03. The molecule has 1 aromatic carbocycles. The zero-order valence-corrected chi connectivity index (χ0v) is 13.4. The molecule has 0 saturated heterocycles. The van der Waals surface area contributed by atoms with Gasteiger partial charge in [-0.05, 0) is 17.7 Å². The molecule has 1 heterocycles. The van der Waals surface area contributed by atoms with Gasteiger partial charge in [0.05, 0.1) is 12.2 Å². The van der Waals surface area contributed by atoms with E-state index in [2.05, 4.69) is 22.0 Å². The maximum atomic E-state index is 5.75. The largest absolute Gasteiger partial charge is 0.370 e. The van der Waals surface area contributed by atoms with Crippen molar-refractivity contribution in [3.63, 3.8) is 0 Å². The number of nitrogens with zero attached hydrogens (tertiary/aromatic N) is 3. The van der Waals surface area contributed by atoms with Crippen LogP contribution >= 0.6 is 24.0 Å². The minimum absolute atomic E-state index is 0. The molecule has 0 spiro atoms. The van der Waals surface area contributed by atoms with Crippen LogP contribution in [0.3, 0.4) is 0 Å². The molecule has 0 unspecified atom stereocenters. The molecule has 5 nitrogen and oxygen atoms in total. The molecule has 6 heteroatoms. The highest BCUT2D eigenvalue weighted by molar-refractivity contribution is 14.0. The standard InChI is InChI=1S/C14H17N5.HI/c1-2-8-16-14(15)17-11-12-6-3-4-7-13(12)19-10-5-9-18-19;/h2-7,9-10H,1,8,11H2,(H3,15,16,17);1H. The first-order chi connectivity index (χ1) is 9.31. The average molecular weight is 383 g/mol. The van der Waals surface area contributed by atoms with Crippen LogP contribution in [-0.2, 0) is 6.54 Å². The number of rotatable bonds is 5.